The first-order chi connectivity index (χ1) is 13.0. The molecule has 4 rings (SSSR count). The second kappa shape index (κ2) is 6.96. The van der Waals surface area contributed by atoms with Crippen LogP contribution >= 0.6 is 11.3 Å². The number of thiazole rings is 1. The summed E-state index contributed by atoms with van der Waals surface area (Å²) in [5.41, 5.74) is 0.841. The molecule has 4 atom stereocenters. The average molecular weight is 383 g/mol. The van der Waals surface area contributed by atoms with E-state index in [1.807, 2.05) is 12.2 Å². The zero-order valence-corrected chi connectivity index (χ0v) is 15.0. The minimum atomic E-state index is -0.941. The summed E-state index contributed by atoms with van der Waals surface area (Å²) < 4.78 is 0. The van der Waals surface area contributed by atoms with Crippen molar-refractivity contribution in [2.45, 2.75) is 6.42 Å². The molecule has 2 aliphatic carbocycles. The van der Waals surface area contributed by atoms with Gasteiger partial charge in [-0.05, 0) is 36.5 Å². The number of nitrogens with one attached hydrogen (secondary N) is 2. The van der Waals surface area contributed by atoms with E-state index in [1.165, 1.54) is 11.3 Å². The number of nitrogens with zero attached hydrogens (tertiary/aromatic N) is 1. The molecule has 0 spiro atoms. The molecule has 0 unspecified atom stereocenters. The molecule has 1 heterocycles. The number of carbonyl (C=O) groups is 3. The SMILES string of the molecule is O=C(Nc1nccs1)c1cccc(NC(=O)[C@@H]2[C@@H](C(=O)O)[C@H]3C=C[C@@H]2C3)c1. The van der Waals surface area contributed by atoms with Crippen molar-refractivity contribution in [2.75, 3.05) is 10.6 Å². The summed E-state index contributed by atoms with van der Waals surface area (Å²) in [6.45, 7) is 0. The zero-order chi connectivity index (χ0) is 19.0. The number of carboxylic acid groups (broad SMARTS) is 1. The number of allylic oxidation sites excluding steroid dienone is 2. The topological polar surface area (TPSA) is 108 Å². The monoisotopic (exact) mass is 383 g/mol. The van der Waals surface area contributed by atoms with Gasteiger partial charge in [0.2, 0.25) is 5.91 Å². The molecular weight excluding hydrogens is 366 g/mol. The first-order valence-corrected chi connectivity index (χ1v) is 9.44. The highest BCUT2D eigenvalue weighted by Crippen LogP contribution is 2.48. The Balaban J connectivity index is 1.48. The van der Waals surface area contributed by atoms with Crippen molar-refractivity contribution in [3.63, 3.8) is 0 Å². The van der Waals surface area contributed by atoms with Gasteiger partial charge in [0, 0.05) is 22.8 Å². The average Bonchev–Trinajstić information content (AvgIpc) is 3.38. The van der Waals surface area contributed by atoms with E-state index >= 15 is 0 Å². The molecule has 2 aromatic rings. The van der Waals surface area contributed by atoms with Gasteiger partial charge in [0.25, 0.3) is 5.91 Å². The first kappa shape index (κ1) is 17.4. The highest BCUT2D eigenvalue weighted by Gasteiger charge is 2.51. The van der Waals surface area contributed by atoms with Crippen molar-refractivity contribution >= 4 is 39.9 Å². The second-order valence-corrected chi connectivity index (χ2v) is 7.59. The predicted molar refractivity (Wildman–Crippen MR) is 100 cm³/mol. The molecule has 1 aromatic heterocycles. The van der Waals surface area contributed by atoms with Gasteiger partial charge in [-0.1, -0.05) is 18.2 Å². The molecule has 7 nitrogen and oxygen atoms in total. The van der Waals surface area contributed by atoms with Crippen LogP contribution in [0.25, 0.3) is 0 Å². The predicted octanol–water partition coefficient (Wildman–Crippen LogP) is 2.86. The summed E-state index contributed by atoms with van der Waals surface area (Å²) in [5.74, 6) is -3.01. The molecule has 0 saturated heterocycles. The molecule has 1 saturated carbocycles. The van der Waals surface area contributed by atoms with E-state index in [0.29, 0.717) is 22.8 Å². The van der Waals surface area contributed by atoms with Crippen molar-refractivity contribution in [1.82, 2.24) is 4.98 Å². The number of aliphatic carboxylic acids is 1. The lowest BCUT2D eigenvalue weighted by molar-refractivity contribution is -0.146. The molecule has 8 heteroatoms. The number of carboxylic acids is 1. The molecule has 138 valence electrons. The Morgan fingerprint density at radius 2 is 1.89 bits per heavy atom. The number of fused-ring (bicyclic) bond motifs is 2. The van der Waals surface area contributed by atoms with E-state index in [9.17, 15) is 19.5 Å². The largest absolute Gasteiger partial charge is 0.481 e. The standard InChI is InChI=1S/C19H17N3O4S/c23-16(22-19-20-6-7-27-19)12-2-1-3-13(9-12)21-17(24)14-10-4-5-11(8-10)15(14)18(25)26/h1-7,9-11,14-15H,8H2,(H,21,24)(H,25,26)(H,20,22,23)/t10-,11+,14+,15+/m1/s1. The van der Waals surface area contributed by atoms with Crippen LogP contribution in [0.5, 0.6) is 0 Å². The maximum Gasteiger partial charge on any atom is 0.307 e. The summed E-state index contributed by atoms with van der Waals surface area (Å²) >= 11 is 1.31. The van der Waals surface area contributed by atoms with Gasteiger partial charge in [0.1, 0.15) is 0 Å². The molecular formula is C19H17N3O4S. The van der Waals surface area contributed by atoms with Crippen LogP contribution in [0.2, 0.25) is 0 Å². The number of benzene rings is 1. The lowest BCUT2D eigenvalue weighted by Gasteiger charge is -2.23. The molecule has 0 aliphatic heterocycles. The van der Waals surface area contributed by atoms with E-state index in [2.05, 4.69) is 15.6 Å². The van der Waals surface area contributed by atoms with Gasteiger partial charge in [-0.2, -0.15) is 0 Å². The number of hydrogen-bond donors (Lipinski definition) is 3. The van der Waals surface area contributed by atoms with Crippen LogP contribution in [0.4, 0.5) is 10.8 Å². The summed E-state index contributed by atoms with van der Waals surface area (Å²) in [5, 5.41) is 17.2. The maximum atomic E-state index is 12.7. The van der Waals surface area contributed by atoms with Crippen molar-refractivity contribution < 1.29 is 19.5 Å². The van der Waals surface area contributed by atoms with Gasteiger partial charge in [0.05, 0.1) is 11.8 Å². The van der Waals surface area contributed by atoms with Crippen molar-refractivity contribution in [2.24, 2.45) is 23.7 Å². The highest BCUT2D eigenvalue weighted by atomic mass is 32.1. The van der Waals surface area contributed by atoms with Crippen molar-refractivity contribution in [3.05, 3.63) is 53.6 Å². The van der Waals surface area contributed by atoms with Crippen LogP contribution in [-0.2, 0) is 9.59 Å². The number of hydrogen-bond acceptors (Lipinski definition) is 5. The fourth-order valence-corrected chi connectivity index (χ4v) is 4.46. The van der Waals surface area contributed by atoms with Crippen LogP contribution < -0.4 is 10.6 Å². The smallest absolute Gasteiger partial charge is 0.307 e. The molecule has 2 amide bonds. The van der Waals surface area contributed by atoms with Crippen LogP contribution in [0.15, 0.2) is 48.0 Å². The summed E-state index contributed by atoms with van der Waals surface area (Å²) in [4.78, 5) is 40.6. The molecule has 1 aromatic carbocycles. The quantitative estimate of drug-likeness (QED) is 0.688. The van der Waals surface area contributed by atoms with Gasteiger partial charge in [-0.25, -0.2) is 4.98 Å². The number of aromatic nitrogens is 1. The minimum absolute atomic E-state index is 0.0486. The van der Waals surface area contributed by atoms with E-state index in [-0.39, 0.29) is 23.7 Å². The maximum absolute atomic E-state index is 12.7. The van der Waals surface area contributed by atoms with Gasteiger partial charge in [-0.15, -0.1) is 11.3 Å². The molecule has 27 heavy (non-hydrogen) atoms. The Morgan fingerprint density at radius 3 is 2.59 bits per heavy atom. The van der Waals surface area contributed by atoms with Crippen LogP contribution in [0.1, 0.15) is 16.8 Å². The number of rotatable bonds is 5. The van der Waals surface area contributed by atoms with Crippen molar-refractivity contribution in [1.29, 1.82) is 0 Å². The fourth-order valence-electron chi connectivity index (χ4n) is 3.93. The third-order valence-electron chi connectivity index (χ3n) is 5.09. The van der Waals surface area contributed by atoms with Crippen LogP contribution in [0.3, 0.4) is 0 Å². The van der Waals surface area contributed by atoms with Gasteiger partial charge >= 0.3 is 5.97 Å². The summed E-state index contributed by atoms with van der Waals surface area (Å²) in [6, 6.07) is 6.55. The Labute approximate surface area is 159 Å². The number of carbonyl (C=O) groups excluding carboxylic acids is 2. The number of amides is 2. The van der Waals surface area contributed by atoms with E-state index < -0.39 is 17.8 Å². The van der Waals surface area contributed by atoms with Gasteiger partial charge < -0.3 is 10.4 Å². The Bertz CT molecular complexity index is 925. The molecule has 2 bridgehead atoms. The molecule has 3 N–H and O–H groups in total. The Kier molecular flexibility index (Phi) is 4.49. The van der Waals surface area contributed by atoms with Crippen LogP contribution in [-0.4, -0.2) is 27.9 Å². The van der Waals surface area contributed by atoms with Crippen molar-refractivity contribution in [3.8, 4) is 0 Å². The second-order valence-electron chi connectivity index (χ2n) is 6.70. The van der Waals surface area contributed by atoms with E-state index in [0.717, 1.165) is 0 Å². The molecule has 2 aliphatic rings. The molecule has 0 radical (unpaired) electrons. The minimum Gasteiger partial charge on any atom is -0.481 e. The Morgan fingerprint density at radius 1 is 1.11 bits per heavy atom. The highest BCUT2D eigenvalue weighted by molar-refractivity contribution is 7.13. The lowest BCUT2D eigenvalue weighted by atomic mass is 9.82. The third kappa shape index (κ3) is 3.35. The van der Waals surface area contributed by atoms with E-state index in [1.54, 1.807) is 35.8 Å². The lowest BCUT2D eigenvalue weighted by Crippen LogP contribution is -2.36. The number of anilines is 2. The zero-order valence-electron chi connectivity index (χ0n) is 14.2. The Hall–Kier alpha value is -3.00. The fraction of sp³-hybridized carbons (Fsp3) is 0.263. The first-order valence-electron chi connectivity index (χ1n) is 8.56. The third-order valence-corrected chi connectivity index (χ3v) is 5.78. The van der Waals surface area contributed by atoms with Gasteiger partial charge in [0.15, 0.2) is 5.13 Å². The summed E-state index contributed by atoms with van der Waals surface area (Å²) in [7, 11) is 0. The normalized spacial score (nSPS) is 25.3. The van der Waals surface area contributed by atoms with Gasteiger partial charge in [-0.3, -0.25) is 19.7 Å². The summed E-state index contributed by atoms with van der Waals surface area (Å²) in [6.07, 6.45) is 6.13. The van der Waals surface area contributed by atoms with Crippen LogP contribution in [0, 0.1) is 23.7 Å². The molecule has 1 fully saturated rings. The van der Waals surface area contributed by atoms with E-state index in [4.69, 9.17) is 0 Å².